The van der Waals surface area contributed by atoms with Gasteiger partial charge in [-0.05, 0) is 24.8 Å². The van der Waals surface area contributed by atoms with Gasteiger partial charge in [0.25, 0.3) is 0 Å². The van der Waals surface area contributed by atoms with Crippen molar-refractivity contribution < 1.29 is 0 Å². The van der Waals surface area contributed by atoms with Crippen LogP contribution < -0.4 is 0 Å². The first-order valence-electron chi connectivity index (χ1n) is 3.88. The molecule has 0 atom stereocenters. The maximum absolute atomic E-state index is 3.14. The SMILES string of the molecule is CSCC#Cc1ccccc1C. The van der Waals surface area contributed by atoms with Crippen LogP contribution in [0.2, 0.25) is 0 Å². The summed E-state index contributed by atoms with van der Waals surface area (Å²) in [6.07, 6.45) is 2.06. The zero-order valence-corrected chi connectivity index (χ0v) is 8.24. The Morgan fingerprint density at radius 3 is 2.75 bits per heavy atom. The Labute approximate surface area is 78.4 Å². The molecular weight excluding hydrogens is 164 g/mol. The van der Waals surface area contributed by atoms with Gasteiger partial charge in [0.2, 0.25) is 0 Å². The lowest BCUT2D eigenvalue weighted by molar-refractivity contribution is 1.44. The predicted octanol–water partition coefficient (Wildman–Crippen LogP) is 2.71. The van der Waals surface area contributed by atoms with Crippen molar-refractivity contribution >= 4 is 11.8 Å². The minimum atomic E-state index is 0.911. The minimum absolute atomic E-state index is 0.911. The smallest absolute Gasteiger partial charge is 0.0548 e. The van der Waals surface area contributed by atoms with Crippen LogP contribution in [0.3, 0.4) is 0 Å². The first-order chi connectivity index (χ1) is 5.84. The molecule has 1 aromatic rings. The van der Waals surface area contributed by atoms with Crippen LogP contribution in [0.15, 0.2) is 24.3 Å². The summed E-state index contributed by atoms with van der Waals surface area (Å²) in [6.45, 7) is 2.09. The summed E-state index contributed by atoms with van der Waals surface area (Å²) in [5.74, 6) is 7.16. The Morgan fingerprint density at radius 1 is 1.33 bits per heavy atom. The van der Waals surface area contributed by atoms with Crippen molar-refractivity contribution in [2.24, 2.45) is 0 Å². The van der Waals surface area contributed by atoms with E-state index in [-0.39, 0.29) is 0 Å². The van der Waals surface area contributed by atoms with E-state index in [1.165, 1.54) is 5.56 Å². The van der Waals surface area contributed by atoms with Gasteiger partial charge in [-0.2, -0.15) is 11.8 Å². The largest absolute Gasteiger partial charge is 0.152 e. The molecular formula is C11H12S. The van der Waals surface area contributed by atoms with Crippen molar-refractivity contribution in [2.45, 2.75) is 6.92 Å². The molecule has 0 radical (unpaired) electrons. The molecule has 1 aromatic carbocycles. The molecule has 0 aliphatic rings. The van der Waals surface area contributed by atoms with Crippen LogP contribution in [-0.4, -0.2) is 12.0 Å². The molecule has 0 bridgehead atoms. The molecule has 0 saturated heterocycles. The van der Waals surface area contributed by atoms with E-state index in [2.05, 4.69) is 37.2 Å². The predicted molar refractivity (Wildman–Crippen MR) is 56.4 cm³/mol. The molecule has 0 amide bonds. The summed E-state index contributed by atoms with van der Waals surface area (Å²) >= 11 is 1.75. The molecule has 0 fully saturated rings. The van der Waals surface area contributed by atoms with E-state index in [1.807, 2.05) is 12.1 Å². The van der Waals surface area contributed by atoms with Gasteiger partial charge in [0.05, 0.1) is 5.75 Å². The van der Waals surface area contributed by atoms with Gasteiger partial charge in [-0.1, -0.05) is 30.0 Å². The van der Waals surface area contributed by atoms with E-state index in [1.54, 1.807) is 11.8 Å². The highest BCUT2D eigenvalue weighted by molar-refractivity contribution is 7.98. The normalized spacial score (nSPS) is 8.83. The molecule has 12 heavy (non-hydrogen) atoms. The molecule has 0 aliphatic heterocycles. The summed E-state index contributed by atoms with van der Waals surface area (Å²) in [7, 11) is 0. The lowest BCUT2D eigenvalue weighted by Crippen LogP contribution is -1.79. The third-order valence-electron chi connectivity index (χ3n) is 1.58. The number of benzene rings is 1. The maximum Gasteiger partial charge on any atom is 0.0548 e. The van der Waals surface area contributed by atoms with Crippen LogP contribution in [0.25, 0.3) is 0 Å². The van der Waals surface area contributed by atoms with Crippen molar-refractivity contribution in [1.82, 2.24) is 0 Å². The molecule has 0 spiro atoms. The molecule has 1 heteroatoms. The van der Waals surface area contributed by atoms with Gasteiger partial charge in [0.15, 0.2) is 0 Å². The number of thioether (sulfide) groups is 1. The van der Waals surface area contributed by atoms with Crippen LogP contribution in [0.1, 0.15) is 11.1 Å². The first-order valence-corrected chi connectivity index (χ1v) is 5.27. The van der Waals surface area contributed by atoms with Crippen molar-refractivity contribution in [1.29, 1.82) is 0 Å². The Kier molecular flexibility index (Phi) is 3.76. The van der Waals surface area contributed by atoms with E-state index in [4.69, 9.17) is 0 Å². The maximum atomic E-state index is 3.14. The monoisotopic (exact) mass is 176 g/mol. The van der Waals surface area contributed by atoms with E-state index in [0.29, 0.717) is 0 Å². The third-order valence-corrected chi connectivity index (χ3v) is 2.02. The number of rotatable bonds is 1. The van der Waals surface area contributed by atoms with Crippen LogP contribution in [0.5, 0.6) is 0 Å². The molecule has 0 aliphatic carbocycles. The van der Waals surface area contributed by atoms with Gasteiger partial charge >= 0.3 is 0 Å². The topological polar surface area (TPSA) is 0 Å². The lowest BCUT2D eigenvalue weighted by atomic mass is 10.1. The molecule has 0 N–H and O–H groups in total. The average molecular weight is 176 g/mol. The fraction of sp³-hybridized carbons (Fsp3) is 0.273. The Bertz CT molecular complexity index is 304. The zero-order valence-electron chi connectivity index (χ0n) is 7.42. The molecule has 1 rings (SSSR count). The molecule has 0 nitrogen and oxygen atoms in total. The summed E-state index contributed by atoms with van der Waals surface area (Å²) < 4.78 is 0. The molecule has 0 heterocycles. The third kappa shape index (κ3) is 2.64. The number of aryl methyl sites for hydroxylation is 1. The summed E-state index contributed by atoms with van der Waals surface area (Å²) in [5.41, 5.74) is 2.40. The Hall–Kier alpha value is -0.870. The molecule has 0 saturated carbocycles. The number of hydrogen-bond acceptors (Lipinski definition) is 1. The second-order valence-corrected chi connectivity index (χ2v) is 3.42. The highest BCUT2D eigenvalue weighted by atomic mass is 32.2. The number of hydrogen-bond donors (Lipinski definition) is 0. The Balaban J connectivity index is 2.77. The Morgan fingerprint density at radius 2 is 2.08 bits per heavy atom. The fourth-order valence-electron chi connectivity index (χ4n) is 0.917. The standard InChI is InChI=1S/C11H12S/c1-10-6-3-4-7-11(10)8-5-9-12-2/h3-4,6-7H,9H2,1-2H3. The second-order valence-electron chi connectivity index (χ2n) is 2.55. The molecule has 0 unspecified atom stereocenters. The van der Waals surface area contributed by atoms with Gasteiger partial charge in [-0.15, -0.1) is 0 Å². The van der Waals surface area contributed by atoms with Crippen LogP contribution >= 0.6 is 11.8 Å². The van der Waals surface area contributed by atoms with Crippen molar-refractivity contribution in [3.05, 3.63) is 35.4 Å². The van der Waals surface area contributed by atoms with Crippen LogP contribution in [0.4, 0.5) is 0 Å². The molecule has 62 valence electrons. The van der Waals surface area contributed by atoms with E-state index >= 15 is 0 Å². The molecule has 0 aromatic heterocycles. The second kappa shape index (κ2) is 4.90. The van der Waals surface area contributed by atoms with E-state index in [0.717, 1.165) is 11.3 Å². The van der Waals surface area contributed by atoms with Gasteiger partial charge < -0.3 is 0 Å². The summed E-state index contributed by atoms with van der Waals surface area (Å²) in [6, 6.07) is 8.21. The minimum Gasteiger partial charge on any atom is -0.152 e. The van der Waals surface area contributed by atoms with Crippen molar-refractivity contribution in [3.8, 4) is 11.8 Å². The van der Waals surface area contributed by atoms with Gasteiger partial charge in [0.1, 0.15) is 0 Å². The van der Waals surface area contributed by atoms with Crippen molar-refractivity contribution in [2.75, 3.05) is 12.0 Å². The zero-order chi connectivity index (χ0) is 8.81. The fourth-order valence-corrected chi connectivity index (χ4v) is 1.13. The van der Waals surface area contributed by atoms with Gasteiger partial charge in [0, 0.05) is 5.56 Å². The quantitative estimate of drug-likeness (QED) is 0.593. The lowest BCUT2D eigenvalue weighted by Gasteiger charge is -1.94. The summed E-state index contributed by atoms with van der Waals surface area (Å²) in [5, 5.41) is 0. The summed E-state index contributed by atoms with van der Waals surface area (Å²) in [4.78, 5) is 0. The van der Waals surface area contributed by atoms with E-state index < -0.39 is 0 Å². The van der Waals surface area contributed by atoms with Crippen LogP contribution in [-0.2, 0) is 0 Å². The van der Waals surface area contributed by atoms with Crippen molar-refractivity contribution in [3.63, 3.8) is 0 Å². The average Bonchev–Trinajstić information content (AvgIpc) is 2.09. The highest BCUT2D eigenvalue weighted by Crippen LogP contribution is 2.04. The van der Waals surface area contributed by atoms with Crippen LogP contribution in [0, 0.1) is 18.8 Å². The first kappa shape index (κ1) is 9.22. The van der Waals surface area contributed by atoms with E-state index in [9.17, 15) is 0 Å². The van der Waals surface area contributed by atoms with Gasteiger partial charge in [-0.3, -0.25) is 0 Å². The van der Waals surface area contributed by atoms with Gasteiger partial charge in [-0.25, -0.2) is 0 Å². The highest BCUT2D eigenvalue weighted by Gasteiger charge is 1.89.